The topological polar surface area (TPSA) is 12.0 Å². The van der Waals surface area contributed by atoms with Gasteiger partial charge in [0.05, 0.1) is 0 Å². The Bertz CT molecular complexity index is 325. The van der Waals surface area contributed by atoms with E-state index in [-0.39, 0.29) is 0 Å². The largest absolute Gasteiger partial charge is 0.317 e. The summed E-state index contributed by atoms with van der Waals surface area (Å²) in [7, 11) is 0. The third-order valence-electron chi connectivity index (χ3n) is 3.49. The quantitative estimate of drug-likeness (QED) is 0.739. The second kappa shape index (κ2) is 4.36. The Morgan fingerprint density at radius 3 is 2.07 bits per heavy atom. The van der Waals surface area contributed by atoms with E-state index in [4.69, 9.17) is 0 Å². The van der Waals surface area contributed by atoms with E-state index in [2.05, 4.69) is 38.2 Å². The van der Waals surface area contributed by atoms with Crippen molar-refractivity contribution < 1.29 is 0 Å². The van der Waals surface area contributed by atoms with E-state index < -0.39 is 0 Å². The molecule has 2 rings (SSSR count). The Kier molecular flexibility index (Phi) is 3.11. The lowest BCUT2D eigenvalue weighted by Gasteiger charge is -2.26. The molecule has 0 spiro atoms. The Morgan fingerprint density at radius 2 is 1.53 bits per heavy atom. The number of hydrogen-bond acceptors (Lipinski definition) is 1. The molecule has 1 heteroatoms. The normalized spacial score (nSPS) is 18.1. The first-order valence-corrected chi connectivity index (χ1v) is 5.97. The van der Waals surface area contributed by atoms with Crippen molar-refractivity contribution in [3.8, 4) is 0 Å². The summed E-state index contributed by atoms with van der Waals surface area (Å²) in [6, 6.07) is 4.65. The molecule has 0 radical (unpaired) electrons. The van der Waals surface area contributed by atoms with E-state index in [1.54, 1.807) is 5.56 Å². The van der Waals surface area contributed by atoms with Gasteiger partial charge in [0.1, 0.15) is 0 Å². The molecule has 0 unspecified atom stereocenters. The summed E-state index contributed by atoms with van der Waals surface area (Å²) in [5.41, 5.74) is 5.98. The summed E-state index contributed by atoms with van der Waals surface area (Å²) in [5.74, 6) is 0.784. The zero-order valence-electron chi connectivity index (χ0n) is 10.1. The highest BCUT2D eigenvalue weighted by Gasteiger charge is 2.18. The van der Waals surface area contributed by atoms with E-state index >= 15 is 0 Å². The highest BCUT2D eigenvalue weighted by atomic mass is 14.9. The van der Waals surface area contributed by atoms with Crippen LogP contribution in [0.1, 0.15) is 41.0 Å². The Balaban J connectivity index is 2.33. The molecule has 1 aromatic carbocycles. The van der Waals surface area contributed by atoms with Crippen LogP contribution in [0.25, 0.3) is 0 Å². The molecule has 0 aromatic heterocycles. The minimum Gasteiger partial charge on any atom is -0.317 e. The summed E-state index contributed by atoms with van der Waals surface area (Å²) < 4.78 is 0. The van der Waals surface area contributed by atoms with Gasteiger partial charge in [0.25, 0.3) is 0 Å². The van der Waals surface area contributed by atoms with Crippen molar-refractivity contribution in [3.63, 3.8) is 0 Å². The van der Waals surface area contributed by atoms with E-state index in [1.807, 2.05) is 0 Å². The van der Waals surface area contributed by atoms with Gasteiger partial charge in [-0.1, -0.05) is 17.7 Å². The summed E-state index contributed by atoms with van der Waals surface area (Å²) >= 11 is 0. The van der Waals surface area contributed by atoms with E-state index in [1.165, 1.54) is 42.6 Å². The number of benzene rings is 1. The molecule has 1 aliphatic rings. The SMILES string of the molecule is Cc1cc(C)c(C2CCNCC2)c(C)c1. The molecule has 0 saturated carbocycles. The number of hydrogen-bond donors (Lipinski definition) is 1. The van der Waals surface area contributed by atoms with Gasteiger partial charge in [-0.2, -0.15) is 0 Å². The second-order valence-corrected chi connectivity index (χ2v) is 4.84. The average Bonchev–Trinajstić information content (AvgIpc) is 2.17. The molecule has 1 N–H and O–H groups in total. The van der Waals surface area contributed by atoms with Crippen LogP contribution in [0.5, 0.6) is 0 Å². The summed E-state index contributed by atoms with van der Waals surface area (Å²) in [5, 5.41) is 3.43. The van der Waals surface area contributed by atoms with Gasteiger partial charge in [0.2, 0.25) is 0 Å². The number of nitrogens with one attached hydrogen (secondary N) is 1. The third-order valence-corrected chi connectivity index (χ3v) is 3.49. The van der Waals surface area contributed by atoms with Gasteiger partial charge in [-0.05, 0) is 69.3 Å². The fourth-order valence-electron chi connectivity index (χ4n) is 2.95. The summed E-state index contributed by atoms with van der Waals surface area (Å²) in [6.07, 6.45) is 2.59. The standard InChI is InChI=1S/C14H21N/c1-10-8-11(2)14(12(3)9-10)13-4-6-15-7-5-13/h8-9,13,15H,4-7H2,1-3H3. The zero-order chi connectivity index (χ0) is 10.8. The molecule has 1 aromatic rings. The first-order valence-electron chi connectivity index (χ1n) is 5.97. The van der Waals surface area contributed by atoms with Crippen LogP contribution in [0.4, 0.5) is 0 Å². The monoisotopic (exact) mass is 203 g/mol. The highest BCUT2D eigenvalue weighted by Crippen LogP contribution is 2.31. The van der Waals surface area contributed by atoms with Crippen molar-refractivity contribution in [2.24, 2.45) is 0 Å². The van der Waals surface area contributed by atoms with Crippen LogP contribution < -0.4 is 5.32 Å². The third kappa shape index (κ3) is 2.23. The van der Waals surface area contributed by atoms with E-state index in [9.17, 15) is 0 Å². The van der Waals surface area contributed by atoms with Crippen molar-refractivity contribution in [3.05, 3.63) is 34.4 Å². The molecule has 1 saturated heterocycles. The first kappa shape index (κ1) is 10.7. The first-order chi connectivity index (χ1) is 7.18. The minimum atomic E-state index is 0.784. The Labute approximate surface area is 92.9 Å². The number of aryl methyl sites for hydroxylation is 3. The number of piperidine rings is 1. The van der Waals surface area contributed by atoms with Gasteiger partial charge in [-0.15, -0.1) is 0 Å². The fraction of sp³-hybridized carbons (Fsp3) is 0.571. The molecule has 1 heterocycles. The molecule has 0 bridgehead atoms. The second-order valence-electron chi connectivity index (χ2n) is 4.84. The van der Waals surface area contributed by atoms with Gasteiger partial charge in [0, 0.05) is 0 Å². The molecule has 1 fully saturated rings. The van der Waals surface area contributed by atoms with Crippen LogP contribution in [0.3, 0.4) is 0 Å². The molecule has 82 valence electrons. The molecule has 0 amide bonds. The Morgan fingerprint density at radius 1 is 1.00 bits per heavy atom. The van der Waals surface area contributed by atoms with Crippen molar-refractivity contribution in [2.75, 3.05) is 13.1 Å². The van der Waals surface area contributed by atoms with Crippen LogP contribution in [-0.2, 0) is 0 Å². The summed E-state index contributed by atoms with van der Waals surface area (Å²) in [4.78, 5) is 0. The maximum Gasteiger partial charge on any atom is -0.00431 e. The van der Waals surface area contributed by atoms with Crippen molar-refractivity contribution >= 4 is 0 Å². The molecule has 0 atom stereocenters. The zero-order valence-corrected chi connectivity index (χ0v) is 10.1. The van der Waals surface area contributed by atoms with Gasteiger partial charge < -0.3 is 5.32 Å². The lowest BCUT2D eigenvalue weighted by molar-refractivity contribution is 0.458. The molecule has 15 heavy (non-hydrogen) atoms. The van der Waals surface area contributed by atoms with Gasteiger partial charge in [-0.3, -0.25) is 0 Å². The van der Waals surface area contributed by atoms with Gasteiger partial charge in [-0.25, -0.2) is 0 Å². The van der Waals surface area contributed by atoms with Gasteiger partial charge >= 0.3 is 0 Å². The maximum absolute atomic E-state index is 3.43. The van der Waals surface area contributed by atoms with Crippen LogP contribution in [0.2, 0.25) is 0 Å². The van der Waals surface area contributed by atoms with Crippen molar-refractivity contribution in [1.82, 2.24) is 5.32 Å². The minimum absolute atomic E-state index is 0.784. The summed E-state index contributed by atoms with van der Waals surface area (Å²) in [6.45, 7) is 9.07. The van der Waals surface area contributed by atoms with Crippen LogP contribution in [0, 0.1) is 20.8 Å². The van der Waals surface area contributed by atoms with Gasteiger partial charge in [0.15, 0.2) is 0 Å². The van der Waals surface area contributed by atoms with Crippen LogP contribution >= 0.6 is 0 Å². The molecular weight excluding hydrogens is 182 g/mol. The predicted molar refractivity (Wildman–Crippen MR) is 65.5 cm³/mol. The number of rotatable bonds is 1. The van der Waals surface area contributed by atoms with Crippen molar-refractivity contribution in [1.29, 1.82) is 0 Å². The Hall–Kier alpha value is -0.820. The lowest BCUT2D eigenvalue weighted by Crippen LogP contribution is -2.27. The molecule has 1 aliphatic heterocycles. The highest BCUT2D eigenvalue weighted by molar-refractivity contribution is 5.40. The molecule has 1 nitrogen and oxygen atoms in total. The average molecular weight is 203 g/mol. The van der Waals surface area contributed by atoms with Crippen molar-refractivity contribution in [2.45, 2.75) is 39.5 Å². The van der Waals surface area contributed by atoms with Crippen LogP contribution in [-0.4, -0.2) is 13.1 Å². The predicted octanol–water partition coefficient (Wildman–Crippen LogP) is 3.08. The maximum atomic E-state index is 3.43. The van der Waals surface area contributed by atoms with E-state index in [0.717, 1.165) is 5.92 Å². The smallest absolute Gasteiger partial charge is 0.00431 e. The molecule has 0 aliphatic carbocycles. The fourth-order valence-corrected chi connectivity index (χ4v) is 2.95. The lowest BCUT2D eigenvalue weighted by atomic mass is 9.84. The molecular formula is C14H21N. The van der Waals surface area contributed by atoms with Crippen LogP contribution in [0.15, 0.2) is 12.1 Å². The van der Waals surface area contributed by atoms with E-state index in [0.29, 0.717) is 0 Å².